The van der Waals surface area contributed by atoms with E-state index < -0.39 is 6.10 Å². The summed E-state index contributed by atoms with van der Waals surface area (Å²) in [7, 11) is 0. The predicted octanol–water partition coefficient (Wildman–Crippen LogP) is 2.13. The van der Waals surface area contributed by atoms with E-state index >= 15 is 0 Å². The van der Waals surface area contributed by atoms with Gasteiger partial charge in [-0.15, -0.1) is 0 Å². The summed E-state index contributed by atoms with van der Waals surface area (Å²) in [6.07, 6.45) is 4.94. The largest absolute Gasteiger partial charge is 0.491 e. The van der Waals surface area contributed by atoms with Crippen molar-refractivity contribution in [1.82, 2.24) is 9.88 Å². The molecule has 1 saturated heterocycles. The van der Waals surface area contributed by atoms with Crippen molar-refractivity contribution in [2.24, 2.45) is 0 Å². The van der Waals surface area contributed by atoms with Crippen LogP contribution < -0.4 is 9.64 Å². The molecule has 1 aliphatic heterocycles. The number of anilines is 1. The van der Waals surface area contributed by atoms with Crippen LogP contribution in [0.1, 0.15) is 17.5 Å². The van der Waals surface area contributed by atoms with Crippen LogP contribution in [0.3, 0.4) is 0 Å². The van der Waals surface area contributed by atoms with Crippen LogP contribution in [0.25, 0.3) is 0 Å². The number of nitrogens with zero attached hydrogens (tertiary/aromatic N) is 3. The molecule has 0 radical (unpaired) electrons. The third kappa shape index (κ3) is 4.17. The van der Waals surface area contributed by atoms with Gasteiger partial charge in [0.15, 0.2) is 0 Å². The van der Waals surface area contributed by atoms with E-state index in [-0.39, 0.29) is 0 Å². The molecule has 0 saturated carbocycles. The lowest BCUT2D eigenvalue weighted by Gasteiger charge is -2.36. The number of aliphatic hydroxyl groups is 1. The summed E-state index contributed by atoms with van der Waals surface area (Å²) in [5.74, 6) is 1.91. The summed E-state index contributed by atoms with van der Waals surface area (Å²) in [5, 5.41) is 10.3. The highest BCUT2D eigenvalue weighted by Crippen LogP contribution is 2.26. The molecule has 138 valence electrons. The summed E-state index contributed by atoms with van der Waals surface area (Å²) < 4.78 is 5.83. The van der Waals surface area contributed by atoms with Gasteiger partial charge in [0, 0.05) is 38.9 Å². The maximum Gasteiger partial charge on any atom is 0.128 e. The Hall–Kier alpha value is -2.11. The molecule has 1 atom stereocenters. The van der Waals surface area contributed by atoms with Gasteiger partial charge in [-0.05, 0) is 54.7 Å². The van der Waals surface area contributed by atoms with Crippen LogP contribution in [0.2, 0.25) is 0 Å². The van der Waals surface area contributed by atoms with Crippen molar-refractivity contribution < 1.29 is 9.84 Å². The van der Waals surface area contributed by atoms with Crippen molar-refractivity contribution >= 4 is 5.82 Å². The molecule has 2 aliphatic rings. The number of aromatic nitrogens is 1. The first-order chi connectivity index (χ1) is 12.8. The van der Waals surface area contributed by atoms with Gasteiger partial charge in [-0.3, -0.25) is 4.90 Å². The summed E-state index contributed by atoms with van der Waals surface area (Å²) in [5.41, 5.74) is 2.85. The standard InChI is InChI=1S/C21H27N3O2/c25-19(16-26-20-8-7-17-4-3-5-18(17)14-20)15-23-10-12-24(13-11-23)21-6-1-2-9-22-21/h1-2,6-9,14,19,25H,3-5,10-13,15-16H2. The van der Waals surface area contributed by atoms with E-state index in [4.69, 9.17) is 4.74 Å². The molecule has 0 spiro atoms. The average molecular weight is 353 g/mol. The van der Waals surface area contributed by atoms with Crippen molar-refractivity contribution in [2.75, 3.05) is 44.2 Å². The minimum absolute atomic E-state index is 0.346. The molecule has 1 N–H and O–H groups in total. The molecule has 0 bridgehead atoms. The Labute approximate surface area is 155 Å². The fraction of sp³-hybridized carbons (Fsp3) is 0.476. The number of pyridine rings is 1. The highest BCUT2D eigenvalue weighted by Gasteiger charge is 2.20. The highest BCUT2D eigenvalue weighted by atomic mass is 16.5. The number of aliphatic hydroxyl groups excluding tert-OH is 1. The van der Waals surface area contributed by atoms with Crippen LogP contribution in [0, 0.1) is 0 Å². The van der Waals surface area contributed by atoms with Crippen LogP contribution in [0.15, 0.2) is 42.6 Å². The number of aryl methyl sites for hydroxylation is 2. The maximum absolute atomic E-state index is 10.3. The molecule has 1 fully saturated rings. The molecule has 1 aliphatic carbocycles. The maximum atomic E-state index is 10.3. The van der Waals surface area contributed by atoms with E-state index in [1.165, 1.54) is 24.0 Å². The third-order valence-electron chi connectivity index (χ3n) is 5.33. The number of fused-ring (bicyclic) bond motifs is 1. The summed E-state index contributed by atoms with van der Waals surface area (Å²) in [6.45, 7) is 4.75. The molecule has 2 aromatic rings. The zero-order chi connectivity index (χ0) is 17.8. The Morgan fingerprint density at radius 3 is 2.69 bits per heavy atom. The number of benzene rings is 1. The Morgan fingerprint density at radius 2 is 1.88 bits per heavy atom. The zero-order valence-electron chi connectivity index (χ0n) is 15.2. The second-order valence-electron chi connectivity index (χ2n) is 7.22. The van der Waals surface area contributed by atoms with Crippen LogP contribution in [-0.4, -0.2) is 60.4 Å². The van der Waals surface area contributed by atoms with E-state index in [0.717, 1.165) is 44.2 Å². The molecule has 1 unspecified atom stereocenters. The van der Waals surface area contributed by atoms with Crippen LogP contribution >= 0.6 is 0 Å². The monoisotopic (exact) mass is 353 g/mol. The number of hydrogen-bond acceptors (Lipinski definition) is 5. The smallest absolute Gasteiger partial charge is 0.128 e. The van der Waals surface area contributed by atoms with Gasteiger partial charge in [-0.2, -0.15) is 0 Å². The zero-order valence-corrected chi connectivity index (χ0v) is 15.2. The van der Waals surface area contributed by atoms with Gasteiger partial charge in [0.05, 0.1) is 0 Å². The fourth-order valence-corrected chi connectivity index (χ4v) is 3.88. The van der Waals surface area contributed by atoms with Gasteiger partial charge in [0.1, 0.15) is 24.3 Å². The number of β-amino-alcohol motifs (C(OH)–C–C–N with tert-alkyl or cyclic N) is 1. The van der Waals surface area contributed by atoms with Crippen molar-refractivity contribution in [2.45, 2.75) is 25.4 Å². The minimum Gasteiger partial charge on any atom is -0.491 e. The van der Waals surface area contributed by atoms with Crippen LogP contribution in [-0.2, 0) is 12.8 Å². The van der Waals surface area contributed by atoms with Gasteiger partial charge in [0.2, 0.25) is 0 Å². The number of rotatable bonds is 6. The Kier molecular flexibility index (Phi) is 5.37. The van der Waals surface area contributed by atoms with E-state index in [2.05, 4.69) is 33.0 Å². The molecule has 1 aromatic heterocycles. The summed E-state index contributed by atoms with van der Waals surface area (Å²) >= 11 is 0. The Bertz CT molecular complexity index is 714. The first kappa shape index (κ1) is 17.3. The van der Waals surface area contributed by atoms with Gasteiger partial charge in [-0.1, -0.05) is 12.1 Å². The molecular weight excluding hydrogens is 326 g/mol. The van der Waals surface area contributed by atoms with Gasteiger partial charge < -0.3 is 14.7 Å². The number of ether oxygens (including phenoxy) is 1. The van der Waals surface area contributed by atoms with E-state index in [0.29, 0.717) is 13.2 Å². The van der Waals surface area contributed by atoms with E-state index in [9.17, 15) is 5.11 Å². The van der Waals surface area contributed by atoms with E-state index in [1.807, 2.05) is 24.4 Å². The average Bonchev–Trinajstić information content (AvgIpc) is 3.15. The first-order valence-corrected chi connectivity index (χ1v) is 9.59. The molecule has 1 aromatic carbocycles. The molecular formula is C21H27N3O2. The van der Waals surface area contributed by atoms with Gasteiger partial charge in [0.25, 0.3) is 0 Å². The van der Waals surface area contributed by atoms with Crippen molar-refractivity contribution in [3.63, 3.8) is 0 Å². The number of hydrogen-bond donors (Lipinski definition) is 1. The highest BCUT2D eigenvalue weighted by molar-refractivity contribution is 5.39. The molecule has 0 amide bonds. The SMILES string of the molecule is OC(COc1ccc2c(c1)CCC2)CN1CCN(c2ccccn2)CC1. The first-order valence-electron chi connectivity index (χ1n) is 9.59. The third-order valence-corrected chi connectivity index (χ3v) is 5.33. The van der Waals surface area contributed by atoms with Crippen molar-refractivity contribution in [1.29, 1.82) is 0 Å². The minimum atomic E-state index is -0.468. The normalized spacial score (nSPS) is 18.6. The van der Waals surface area contributed by atoms with Gasteiger partial charge in [-0.25, -0.2) is 4.98 Å². The summed E-state index contributed by atoms with van der Waals surface area (Å²) in [6, 6.07) is 12.4. The topological polar surface area (TPSA) is 48.8 Å². The fourth-order valence-electron chi connectivity index (χ4n) is 3.88. The second kappa shape index (κ2) is 8.06. The second-order valence-corrected chi connectivity index (χ2v) is 7.22. The van der Waals surface area contributed by atoms with Crippen molar-refractivity contribution in [3.8, 4) is 5.75 Å². The van der Waals surface area contributed by atoms with Crippen LogP contribution in [0.4, 0.5) is 5.82 Å². The quantitative estimate of drug-likeness (QED) is 0.862. The van der Waals surface area contributed by atoms with E-state index in [1.54, 1.807) is 0 Å². The Morgan fingerprint density at radius 1 is 1.04 bits per heavy atom. The Balaban J connectivity index is 1.21. The molecule has 5 heteroatoms. The molecule has 26 heavy (non-hydrogen) atoms. The van der Waals surface area contributed by atoms with Crippen molar-refractivity contribution in [3.05, 3.63) is 53.7 Å². The summed E-state index contributed by atoms with van der Waals surface area (Å²) in [4.78, 5) is 9.01. The molecule has 4 rings (SSSR count). The lowest BCUT2D eigenvalue weighted by molar-refractivity contribution is 0.0662. The van der Waals surface area contributed by atoms with Gasteiger partial charge >= 0.3 is 0 Å². The lowest BCUT2D eigenvalue weighted by Crippen LogP contribution is -2.49. The van der Waals surface area contributed by atoms with Crippen LogP contribution in [0.5, 0.6) is 5.75 Å². The molecule has 2 heterocycles. The number of piperazine rings is 1. The lowest BCUT2D eigenvalue weighted by atomic mass is 10.1. The predicted molar refractivity (Wildman–Crippen MR) is 103 cm³/mol. The molecule has 5 nitrogen and oxygen atoms in total.